The molecule has 0 saturated heterocycles. The second-order valence-corrected chi connectivity index (χ2v) is 7.10. The fourth-order valence-electron chi connectivity index (χ4n) is 2.55. The Morgan fingerprint density at radius 2 is 1.86 bits per heavy atom. The number of rotatable bonds is 6. The number of hydrogen-bond acceptors (Lipinski definition) is 6. The molecule has 28 heavy (non-hydrogen) atoms. The highest BCUT2D eigenvalue weighted by atomic mass is 32.2. The number of nitrogens with two attached hydrogens (primary N) is 1. The quantitative estimate of drug-likeness (QED) is 0.336. The Hall–Kier alpha value is -3.39. The van der Waals surface area contributed by atoms with E-state index in [1.54, 1.807) is 24.3 Å². The van der Waals surface area contributed by atoms with Gasteiger partial charge in [-0.15, -0.1) is 0 Å². The van der Waals surface area contributed by atoms with Crippen LogP contribution in [0.15, 0.2) is 70.6 Å². The summed E-state index contributed by atoms with van der Waals surface area (Å²) in [6, 6.07) is 17.0. The summed E-state index contributed by atoms with van der Waals surface area (Å²) in [4.78, 5) is 42.9. The molecule has 1 unspecified atom stereocenters. The van der Waals surface area contributed by atoms with Crippen LogP contribution in [-0.2, 0) is 4.79 Å². The van der Waals surface area contributed by atoms with E-state index in [4.69, 9.17) is 5.73 Å². The highest BCUT2D eigenvalue weighted by Gasteiger charge is 2.23. The summed E-state index contributed by atoms with van der Waals surface area (Å²) in [5.41, 5.74) is 6.99. The molecular formula is C20H18N4O3S. The van der Waals surface area contributed by atoms with Gasteiger partial charge < -0.3 is 16.0 Å². The topological polar surface area (TPSA) is 118 Å². The van der Waals surface area contributed by atoms with Gasteiger partial charge in [-0.2, -0.15) is 0 Å². The molecule has 8 heteroatoms. The van der Waals surface area contributed by atoms with E-state index in [2.05, 4.69) is 15.3 Å². The molecule has 0 aliphatic heterocycles. The molecule has 1 atom stereocenters. The Bertz CT molecular complexity index is 1070. The van der Waals surface area contributed by atoms with E-state index < -0.39 is 10.8 Å². The van der Waals surface area contributed by atoms with Crippen LogP contribution in [0.5, 0.6) is 0 Å². The van der Waals surface area contributed by atoms with E-state index in [1.165, 1.54) is 13.0 Å². The molecule has 2 aromatic carbocycles. The molecule has 7 nitrogen and oxygen atoms in total. The van der Waals surface area contributed by atoms with Gasteiger partial charge in [0.05, 0.1) is 0 Å². The third-order valence-corrected chi connectivity index (χ3v) is 4.98. The lowest BCUT2D eigenvalue weighted by molar-refractivity contribution is -0.115. The number of ketones is 1. The van der Waals surface area contributed by atoms with Gasteiger partial charge in [0, 0.05) is 17.3 Å². The predicted octanol–water partition coefficient (Wildman–Crippen LogP) is 3.03. The van der Waals surface area contributed by atoms with E-state index in [0.29, 0.717) is 11.3 Å². The zero-order valence-corrected chi connectivity index (χ0v) is 15.8. The number of nitrogen functional groups attached to an aromatic ring is 1. The van der Waals surface area contributed by atoms with Crippen molar-refractivity contribution < 1.29 is 9.59 Å². The van der Waals surface area contributed by atoms with Crippen molar-refractivity contribution in [2.45, 2.75) is 17.3 Å². The van der Waals surface area contributed by atoms with Crippen LogP contribution < -0.4 is 16.6 Å². The maximum absolute atomic E-state index is 13.0. The molecule has 0 spiro atoms. The van der Waals surface area contributed by atoms with Crippen LogP contribution in [0.1, 0.15) is 28.1 Å². The second-order valence-electron chi connectivity index (χ2n) is 6.01. The smallest absolute Gasteiger partial charge is 0.253 e. The van der Waals surface area contributed by atoms with Gasteiger partial charge in [0.2, 0.25) is 5.91 Å². The summed E-state index contributed by atoms with van der Waals surface area (Å²) in [5, 5.41) is 2.38. The number of benzene rings is 2. The highest BCUT2D eigenvalue weighted by molar-refractivity contribution is 8.00. The third-order valence-electron chi connectivity index (χ3n) is 3.85. The maximum atomic E-state index is 13.0. The summed E-state index contributed by atoms with van der Waals surface area (Å²) in [6.07, 6.45) is 0. The van der Waals surface area contributed by atoms with Crippen LogP contribution in [0.3, 0.4) is 0 Å². The predicted molar refractivity (Wildman–Crippen MR) is 109 cm³/mol. The molecule has 1 amide bonds. The summed E-state index contributed by atoms with van der Waals surface area (Å²) in [7, 11) is 0. The molecular weight excluding hydrogens is 376 g/mol. The molecule has 142 valence electrons. The molecule has 0 aliphatic carbocycles. The largest absolute Gasteiger partial charge is 0.383 e. The van der Waals surface area contributed by atoms with Gasteiger partial charge in [-0.3, -0.25) is 14.4 Å². The van der Waals surface area contributed by atoms with Gasteiger partial charge in [0.25, 0.3) is 5.56 Å². The first-order chi connectivity index (χ1) is 13.4. The van der Waals surface area contributed by atoms with Crippen molar-refractivity contribution >= 4 is 35.0 Å². The lowest BCUT2D eigenvalue weighted by Crippen LogP contribution is -2.20. The van der Waals surface area contributed by atoms with E-state index in [-0.39, 0.29) is 22.7 Å². The molecule has 0 aliphatic rings. The Balaban J connectivity index is 1.90. The zero-order chi connectivity index (χ0) is 20.1. The number of nitrogens with zero attached hydrogens (tertiary/aromatic N) is 1. The van der Waals surface area contributed by atoms with Crippen molar-refractivity contribution in [3.05, 3.63) is 82.1 Å². The molecule has 3 aromatic rings. The number of amides is 1. The van der Waals surface area contributed by atoms with Crippen LogP contribution in [0.2, 0.25) is 0 Å². The first kappa shape index (κ1) is 19.4. The van der Waals surface area contributed by atoms with Crippen molar-refractivity contribution in [1.29, 1.82) is 0 Å². The fourth-order valence-corrected chi connectivity index (χ4v) is 3.55. The SMILES string of the molecule is CC(=O)c1cccc(NC(=O)C(Sc2nc(N)cc(=O)[nH]2)c2ccccc2)c1. The van der Waals surface area contributed by atoms with E-state index >= 15 is 0 Å². The third kappa shape index (κ3) is 4.86. The number of aromatic amines is 1. The van der Waals surface area contributed by atoms with Crippen LogP contribution in [0.25, 0.3) is 0 Å². The number of H-pyrrole nitrogens is 1. The average molecular weight is 394 g/mol. The summed E-state index contributed by atoms with van der Waals surface area (Å²) in [6.45, 7) is 1.46. The van der Waals surface area contributed by atoms with Crippen molar-refractivity contribution in [3.8, 4) is 0 Å². The van der Waals surface area contributed by atoms with Gasteiger partial charge in [0.1, 0.15) is 11.1 Å². The van der Waals surface area contributed by atoms with Crippen molar-refractivity contribution in [1.82, 2.24) is 9.97 Å². The average Bonchev–Trinajstić information content (AvgIpc) is 2.66. The first-order valence-electron chi connectivity index (χ1n) is 8.42. The summed E-state index contributed by atoms with van der Waals surface area (Å²) < 4.78 is 0. The van der Waals surface area contributed by atoms with Gasteiger partial charge in [-0.05, 0) is 24.6 Å². The number of hydrogen-bond donors (Lipinski definition) is 3. The van der Waals surface area contributed by atoms with Crippen LogP contribution in [0.4, 0.5) is 11.5 Å². The van der Waals surface area contributed by atoms with E-state index in [1.807, 2.05) is 30.3 Å². The minimum absolute atomic E-state index is 0.0765. The monoisotopic (exact) mass is 394 g/mol. The summed E-state index contributed by atoms with van der Waals surface area (Å²) >= 11 is 1.08. The van der Waals surface area contributed by atoms with Crippen molar-refractivity contribution in [3.63, 3.8) is 0 Å². The summed E-state index contributed by atoms with van der Waals surface area (Å²) in [5.74, 6) is -0.332. The lowest BCUT2D eigenvalue weighted by Gasteiger charge is -2.17. The second kappa shape index (κ2) is 8.53. The van der Waals surface area contributed by atoms with Crippen LogP contribution in [-0.4, -0.2) is 21.7 Å². The number of thioether (sulfide) groups is 1. The Morgan fingerprint density at radius 3 is 2.54 bits per heavy atom. The normalized spacial score (nSPS) is 11.6. The minimum atomic E-state index is -0.688. The maximum Gasteiger partial charge on any atom is 0.253 e. The Morgan fingerprint density at radius 1 is 1.11 bits per heavy atom. The Labute approximate surface area is 165 Å². The molecule has 0 saturated carbocycles. The fraction of sp³-hybridized carbons (Fsp3) is 0.100. The number of nitrogens with one attached hydrogen (secondary N) is 2. The van der Waals surface area contributed by atoms with Gasteiger partial charge >= 0.3 is 0 Å². The number of carbonyl (C=O) groups is 2. The number of anilines is 2. The van der Waals surface area contributed by atoms with Gasteiger partial charge in [-0.25, -0.2) is 4.98 Å². The highest BCUT2D eigenvalue weighted by Crippen LogP contribution is 2.34. The Kier molecular flexibility index (Phi) is 5.90. The van der Waals surface area contributed by atoms with Crippen LogP contribution >= 0.6 is 11.8 Å². The first-order valence-corrected chi connectivity index (χ1v) is 9.30. The molecule has 1 heterocycles. The van der Waals surface area contributed by atoms with E-state index in [9.17, 15) is 14.4 Å². The van der Waals surface area contributed by atoms with Crippen molar-refractivity contribution in [2.75, 3.05) is 11.1 Å². The van der Waals surface area contributed by atoms with Gasteiger partial charge in [0.15, 0.2) is 10.9 Å². The standard InChI is InChI=1S/C20H18N4O3S/c1-12(25)14-8-5-9-15(10-14)22-19(27)18(13-6-3-2-4-7-13)28-20-23-16(21)11-17(26)24-20/h2-11,18H,1H3,(H,22,27)(H3,21,23,24,26). The minimum Gasteiger partial charge on any atom is -0.383 e. The van der Waals surface area contributed by atoms with Crippen molar-refractivity contribution in [2.24, 2.45) is 0 Å². The molecule has 0 bridgehead atoms. The lowest BCUT2D eigenvalue weighted by atomic mass is 10.1. The molecule has 3 rings (SSSR count). The van der Waals surface area contributed by atoms with Gasteiger partial charge in [-0.1, -0.05) is 54.2 Å². The van der Waals surface area contributed by atoms with E-state index in [0.717, 1.165) is 17.3 Å². The number of carbonyl (C=O) groups excluding carboxylic acids is 2. The molecule has 0 radical (unpaired) electrons. The molecule has 0 fully saturated rings. The van der Waals surface area contributed by atoms with Crippen LogP contribution in [0, 0.1) is 0 Å². The molecule has 4 N–H and O–H groups in total. The number of aromatic nitrogens is 2. The molecule has 1 aromatic heterocycles. The number of Topliss-reactive ketones (excluding diaryl/α,β-unsaturated/α-hetero) is 1. The zero-order valence-electron chi connectivity index (χ0n) is 15.0.